The van der Waals surface area contributed by atoms with Crippen LogP contribution in [-0.2, 0) is 4.74 Å². The molecule has 2 aromatic heterocycles. The van der Waals surface area contributed by atoms with Gasteiger partial charge in [0.25, 0.3) is 0 Å². The van der Waals surface area contributed by atoms with Crippen LogP contribution in [0.3, 0.4) is 0 Å². The Kier molecular flexibility index (Phi) is 4.12. The molecule has 0 aromatic carbocycles. The first kappa shape index (κ1) is 14.2. The number of hydrogen-bond donors (Lipinski definition) is 1. The van der Waals surface area contributed by atoms with Crippen molar-refractivity contribution in [2.45, 2.75) is 26.4 Å². The van der Waals surface area contributed by atoms with E-state index >= 15 is 0 Å². The van der Waals surface area contributed by atoms with Crippen LogP contribution in [0.2, 0.25) is 0 Å². The summed E-state index contributed by atoms with van der Waals surface area (Å²) < 4.78 is 12.6. The molecule has 6 heteroatoms. The summed E-state index contributed by atoms with van der Waals surface area (Å²) in [6.45, 7) is 6.19. The van der Waals surface area contributed by atoms with E-state index in [2.05, 4.69) is 10.3 Å². The van der Waals surface area contributed by atoms with Crippen molar-refractivity contribution in [2.24, 2.45) is 0 Å². The average Bonchev–Trinajstić information content (AvgIpc) is 2.81. The first-order chi connectivity index (χ1) is 9.46. The Hall–Kier alpha value is -2.24. The first-order valence-corrected chi connectivity index (χ1v) is 6.47. The zero-order chi connectivity index (χ0) is 14.6. The zero-order valence-corrected chi connectivity index (χ0v) is 11.9. The number of nitrogens with zero attached hydrogens (tertiary/aromatic N) is 2. The van der Waals surface area contributed by atoms with Gasteiger partial charge >= 0.3 is 6.09 Å². The van der Waals surface area contributed by atoms with Crippen LogP contribution in [0.1, 0.15) is 20.8 Å². The van der Waals surface area contributed by atoms with Crippen molar-refractivity contribution in [3.63, 3.8) is 0 Å². The van der Waals surface area contributed by atoms with E-state index in [-0.39, 0.29) is 0 Å². The van der Waals surface area contributed by atoms with Gasteiger partial charge in [-0.2, -0.15) is 0 Å². The second-order valence-electron chi connectivity index (χ2n) is 5.31. The highest BCUT2D eigenvalue weighted by molar-refractivity contribution is 5.67. The predicted octanol–water partition coefficient (Wildman–Crippen LogP) is 2.24. The van der Waals surface area contributed by atoms with E-state index in [0.717, 1.165) is 5.65 Å². The number of ether oxygens (including phenoxy) is 2. The van der Waals surface area contributed by atoms with Crippen LogP contribution in [0.15, 0.2) is 30.7 Å². The summed E-state index contributed by atoms with van der Waals surface area (Å²) in [5, 5.41) is 2.64. The molecule has 108 valence electrons. The molecule has 0 radical (unpaired) electrons. The van der Waals surface area contributed by atoms with Crippen molar-refractivity contribution in [3.05, 3.63) is 30.7 Å². The smallest absolute Gasteiger partial charge is 0.407 e. The van der Waals surface area contributed by atoms with Gasteiger partial charge in [-0.25, -0.2) is 9.78 Å². The number of alkyl carbamates (subject to hydrolysis) is 1. The van der Waals surface area contributed by atoms with Crippen LogP contribution in [-0.4, -0.2) is 34.2 Å². The minimum absolute atomic E-state index is 0.353. The second-order valence-corrected chi connectivity index (χ2v) is 5.31. The number of fused-ring (bicyclic) bond motifs is 1. The van der Waals surface area contributed by atoms with Gasteiger partial charge < -0.3 is 19.2 Å². The molecule has 0 aliphatic carbocycles. The van der Waals surface area contributed by atoms with Crippen molar-refractivity contribution in [1.82, 2.24) is 14.7 Å². The van der Waals surface area contributed by atoms with Crippen LogP contribution in [0, 0.1) is 0 Å². The van der Waals surface area contributed by atoms with Crippen LogP contribution in [0.5, 0.6) is 5.75 Å². The standard InChI is InChI=1S/C14H19N3O3/c1-14(2,3)20-13(18)16-7-10-19-11-5-4-8-17-9-6-15-12(11)17/h4-6,8-9H,7,10H2,1-3H3,(H,16,18). The zero-order valence-electron chi connectivity index (χ0n) is 11.9. The largest absolute Gasteiger partial charge is 0.488 e. The number of imidazole rings is 1. The SMILES string of the molecule is CC(C)(C)OC(=O)NCCOc1cccn2ccnc12. The second kappa shape index (κ2) is 5.81. The van der Waals surface area contributed by atoms with Gasteiger partial charge in [0.05, 0.1) is 6.54 Å². The molecular formula is C14H19N3O3. The van der Waals surface area contributed by atoms with Gasteiger partial charge in [0.2, 0.25) is 0 Å². The van der Waals surface area contributed by atoms with E-state index in [0.29, 0.717) is 18.9 Å². The summed E-state index contributed by atoms with van der Waals surface area (Å²) in [6, 6.07) is 3.72. The molecule has 0 spiro atoms. The van der Waals surface area contributed by atoms with Gasteiger partial charge in [0.15, 0.2) is 11.4 Å². The van der Waals surface area contributed by atoms with E-state index < -0.39 is 11.7 Å². The van der Waals surface area contributed by atoms with Gasteiger partial charge in [-0.1, -0.05) is 0 Å². The number of rotatable bonds is 4. The van der Waals surface area contributed by atoms with Gasteiger partial charge in [-0.15, -0.1) is 0 Å². The number of hydrogen-bond acceptors (Lipinski definition) is 4. The van der Waals surface area contributed by atoms with Crippen LogP contribution in [0.4, 0.5) is 4.79 Å². The molecular weight excluding hydrogens is 258 g/mol. The molecule has 0 fully saturated rings. The lowest BCUT2D eigenvalue weighted by Gasteiger charge is -2.19. The maximum Gasteiger partial charge on any atom is 0.407 e. The van der Waals surface area contributed by atoms with Crippen molar-refractivity contribution >= 4 is 11.7 Å². The van der Waals surface area contributed by atoms with E-state index in [4.69, 9.17) is 9.47 Å². The molecule has 0 saturated heterocycles. The van der Waals surface area contributed by atoms with Crippen LogP contribution < -0.4 is 10.1 Å². The van der Waals surface area contributed by atoms with Crippen LogP contribution >= 0.6 is 0 Å². The third-order valence-corrected chi connectivity index (χ3v) is 2.41. The summed E-state index contributed by atoms with van der Waals surface area (Å²) in [4.78, 5) is 15.6. The molecule has 0 saturated carbocycles. The third-order valence-electron chi connectivity index (χ3n) is 2.41. The number of pyridine rings is 1. The number of carbonyl (C=O) groups is 1. The Morgan fingerprint density at radius 2 is 2.20 bits per heavy atom. The normalized spacial score (nSPS) is 11.3. The monoisotopic (exact) mass is 277 g/mol. The van der Waals surface area contributed by atoms with E-state index in [9.17, 15) is 4.79 Å². The molecule has 0 aliphatic heterocycles. The quantitative estimate of drug-likeness (QED) is 0.870. The van der Waals surface area contributed by atoms with Gasteiger partial charge in [0.1, 0.15) is 12.2 Å². The summed E-state index contributed by atoms with van der Waals surface area (Å²) in [7, 11) is 0. The summed E-state index contributed by atoms with van der Waals surface area (Å²) in [5.41, 5.74) is 0.261. The average molecular weight is 277 g/mol. The molecule has 2 aromatic rings. The molecule has 6 nitrogen and oxygen atoms in total. The molecule has 0 aliphatic rings. The molecule has 0 unspecified atom stereocenters. The lowest BCUT2D eigenvalue weighted by atomic mass is 10.2. The fourth-order valence-corrected chi connectivity index (χ4v) is 1.66. The molecule has 1 amide bonds. The minimum Gasteiger partial charge on any atom is -0.488 e. The van der Waals surface area contributed by atoms with Gasteiger partial charge in [0, 0.05) is 18.6 Å². The third kappa shape index (κ3) is 3.88. The van der Waals surface area contributed by atoms with Crippen molar-refractivity contribution in [3.8, 4) is 5.75 Å². The van der Waals surface area contributed by atoms with Gasteiger partial charge in [-0.3, -0.25) is 0 Å². The number of carbonyl (C=O) groups excluding carboxylic acids is 1. The lowest BCUT2D eigenvalue weighted by Crippen LogP contribution is -2.34. The summed E-state index contributed by atoms with van der Waals surface area (Å²) in [6.07, 6.45) is 5.01. The van der Waals surface area contributed by atoms with E-state index in [1.165, 1.54) is 0 Å². The fourth-order valence-electron chi connectivity index (χ4n) is 1.66. The Balaban J connectivity index is 1.79. The first-order valence-electron chi connectivity index (χ1n) is 6.47. The summed E-state index contributed by atoms with van der Waals surface area (Å²) in [5.74, 6) is 0.684. The fraction of sp³-hybridized carbons (Fsp3) is 0.429. The van der Waals surface area contributed by atoms with E-state index in [1.54, 1.807) is 6.20 Å². The molecule has 1 N–H and O–H groups in total. The number of amides is 1. The Bertz CT molecular complexity index is 587. The maximum absolute atomic E-state index is 11.4. The minimum atomic E-state index is -0.494. The highest BCUT2D eigenvalue weighted by Gasteiger charge is 2.15. The molecule has 0 atom stereocenters. The van der Waals surface area contributed by atoms with Crippen molar-refractivity contribution in [1.29, 1.82) is 0 Å². The highest BCUT2D eigenvalue weighted by atomic mass is 16.6. The molecule has 0 bridgehead atoms. The molecule has 2 rings (SSSR count). The Morgan fingerprint density at radius 3 is 2.95 bits per heavy atom. The maximum atomic E-state index is 11.4. The van der Waals surface area contributed by atoms with Gasteiger partial charge in [-0.05, 0) is 32.9 Å². The number of aromatic nitrogens is 2. The number of nitrogens with one attached hydrogen (secondary N) is 1. The topological polar surface area (TPSA) is 64.9 Å². The molecule has 2 heterocycles. The van der Waals surface area contributed by atoms with Crippen molar-refractivity contribution < 1.29 is 14.3 Å². The predicted molar refractivity (Wildman–Crippen MR) is 74.9 cm³/mol. The lowest BCUT2D eigenvalue weighted by molar-refractivity contribution is 0.0520. The Morgan fingerprint density at radius 1 is 1.40 bits per heavy atom. The van der Waals surface area contributed by atoms with Crippen LogP contribution in [0.25, 0.3) is 5.65 Å². The Labute approximate surface area is 117 Å². The molecule has 20 heavy (non-hydrogen) atoms. The highest BCUT2D eigenvalue weighted by Crippen LogP contribution is 2.16. The van der Waals surface area contributed by atoms with E-state index in [1.807, 2.05) is 49.7 Å². The summed E-state index contributed by atoms with van der Waals surface area (Å²) >= 11 is 0. The van der Waals surface area contributed by atoms with Crippen molar-refractivity contribution in [2.75, 3.05) is 13.2 Å².